The molecule has 3 nitrogen and oxygen atoms in total. The van der Waals surface area contributed by atoms with Crippen LogP contribution < -0.4 is 0 Å². The molecule has 0 aliphatic heterocycles. The standard InChI is InChI=1S/C38H27N3/c1-2-41-35-14-8-7-13-34(35)40-38(41)29-21-17-26(18-22-29)25-15-19-28(20-16-25)37-32-24-23-27-9-3-4-10-30(27)36(32)31-11-5-6-12-33(31)39-37/h3-24H,2H2,1H3. The van der Waals surface area contributed by atoms with E-state index in [0.717, 1.165) is 40.2 Å². The van der Waals surface area contributed by atoms with Gasteiger partial charge in [0.1, 0.15) is 5.82 Å². The molecule has 194 valence electrons. The van der Waals surface area contributed by atoms with Crippen LogP contribution in [0.15, 0.2) is 133 Å². The Morgan fingerprint density at radius 3 is 1.85 bits per heavy atom. The normalized spacial score (nSPS) is 11.6. The molecule has 0 saturated carbocycles. The molecule has 0 bridgehead atoms. The average molecular weight is 526 g/mol. The van der Waals surface area contributed by atoms with Crippen molar-refractivity contribution in [3.63, 3.8) is 0 Å². The van der Waals surface area contributed by atoms with E-state index >= 15 is 0 Å². The zero-order valence-electron chi connectivity index (χ0n) is 22.8. The molecule has 0 aliphatic carbocycles. The van der Waals surface area contributed by atoms with Crippen molar-refractivity contribution in [2.75, 3.05) is 0 Å². The highest BCUT2D eigenvalue weighted by atomic mass is 15.1. The van der Waals surface area contributed by atoms with Gasteiger partial charge in [-0.05, 0) is 47.0 Å². The zero-order valence-corrected chi connectivity index (χ0v) is 22.8. The summed E-state index contributed by atoms with van der Waals surface area (Å²) in [6, 6.07) is 47.4. The van der Waals surface area contributed by atoms with E-state index in [0.29, 0.717) is 0 Å². The molecule has 0 aliphatic rings. The minimum absolute atomic E-state index is 0.881. The fourth-order valence-corrected chi connectivity index (χ4v) is 6.19. The van der Waals surface area contributed by atoms with Crippen molar-refractivity contribution < 1.29 is 0 Å². The molecular weight excluding hydrogens is 498 g/mol. The maximum absolute atomic E-state index is 5.15. The topological polar surface area (TPSA) is 30.7 Å². The maximum Gasteiger partial charge on any atom is 0.141 e. The highest BCUT2D eigenvalue weighted by molar-refractivity contribution is 6.22. The van der Waals surface area contributed by atoms with Gasteiger partial charge < -0.3 is 4.57 Å². The van der Waals surface area contributed by atoms with Gasteiger partial charge in [-0.3, -0.25) is 0 Å². The lowest BCUT2D eigenvalue weighted by atomic mass is 9.94. The van der Waals surface area contributed by atoms with Crippen LogP contribution in [-0.4, -0.2) is 14.5 Å². The highest BCUT2D eigenvalue weighted by Gasteiger charge is 2.14. The molecule has 0 unspecified atom stereocenters. The van der Waals surface area contributed by atoms with Crippen molar-refractivity contribution >= 4 is 43.5 Å². The van der Waals surface area contributed by atoms with Crippen LogP contribution in [0.2, 0.25) is 0 Å². The Labute approximate surface area is 238 Å². The second kappa shape index (κ2) is 9.42. The van der Waals surface area contributed by atoms with Crippen molar-refractivity contribution in [1.29, 1.82) is 0 Å². The van der Waals surface area contributed by atoms with Crippen molar-refractivity contribution in [3.05, 3.63) is 133 Å². The third-order valence-corrected chi connectivity index (χ3v) is 8.20. The number of aromatic nitrogens is 3. The van der Waals surface area contributed by atoms with E-state index in [2.05, 4.69) is 139 Å². The largest absolute Gasteiger partial charge is 0.324 e. The van der Waals surface area contributed by atoms with Gasteiger partial charge in [-0.2, -0.15) is 0 Å². The summed E-state index contributed by atoms with van der Waals surface area (Å²) in [4.78, 5) is 10.1. The van der Waals surface area contributed by atoms with E-state index in [9.17, 15) is 0 Å². The first kappa shape index (κ1) is 23.6. The molecule has 0 N–H and O–H groups in total. The van der Waals surface area contributed by atoms with E-state index in [1.54, 1.807) is 0 Å². The van der Waals surface area contributed by atoms with Crippen molar-refractivity contribution in [2.45, 2.75) is 13.5 Å². The molecule has 6 aromatic carbocycles. The van der Waals surface area contributed by atoms with E-state index in [4.69, 9.17) is 9.97 Å². The quantitative estimate of drug-likeness (QED) is 0.214. The number of hydrogen-bond acceptors (Lipinski definition) is 2. The minimum atomic E-state index is 0.881. The Balaban J connectivity index is 1.19. The van der Waals surface area contributed by atoms with Crippen LogP contribution in [0, 0.1) is 0 Å². The summed E-state index contributed by atoms with van der Waals surface area (Å²) in [5.74, 6) is 1.01. The summed E-state index contributed by atoms with van der Waals surface area (Å²) in [6.45, 7) is 3.05. The lowest BCUT2D eigenvalue weighted by Crippen LogP contribution is -1.97. The number of benzene rings is 6. The second-order valence-electron chi connectivity index (χ2n) is 10.5. The fourth-order valence-electron chi connectivity index (χ4n) is 6.19. The van der Waals surface area contributed by atoms with Crippen LogP contribution >= 0.6 is 0 Å². The van der Waals surface area contributed by atoms with Gasteiger partial charge in [0.05, 0.1) is 22.2 Å². The number of aryl methyl sites for hydroxylation is 1. The summed E-state index contributed by atoms with van der Waals surface area (Å²) in [6.07, 6.45) is 0. The Morgan fingerprint density at radius 2 is 1.10 bits per heavy atom. The number of hydrogen-bond donors (Lipinski definition) is 0. The maximum atomic E-state index is 5.15. The molecule has 0 atom stereocenters. The molecule has 0 amide bonds. The first-order valence-electron chi connectivity index (χ1n) is 14.2. The number of fused-ring (bicyclic) bond motifs is 6. The second-order valence-corrected chi connectivity index (χ2v) is 10.5. The van der Waals surface area contributed by atoms with Crippen molar-refractivity contribution in [2.24, 2.45) is 0 Å². The summed E-state index contributed by atoms with van der Waals surface area (Å²) in [5.41, 5.74) is 8.85. The van der Waals surface area contributed by atoms with Gasteiger partial charge in [0.25, 0.3) is 0 Å². The Hall–Kier alpha value is -5.28. The number of para-hydroxylation sites is 3. The lowest BCUT2D eigenvalue weighted by Gasteiger charge is -2.13. The Bertz CT molecular complexity index is 2210. The fraction of sp³-hybridized carbons (Fsp3) is 0.0526. The monoisotopic (exact) mass is 525 g/mol. The van der Waals surface area contributed by atoms with Gasteiger partial charge in [0.15, 0.2) is 0 Å². The molecule has 0 spiro atoms. The molecule has 2 aromatic heterocycles. The van der Waals surface area contributed by atoms with E-state index in [1.165, 1.54) is 43.6 Å². The number of imidazole rings is 1. The molecule has 8 rings (SSSR count). The molecule has 2 heterocycles. The van der Waals surface area contributed by atoms with Crippen molar-refractivity contribution in [3.8, 4) is 33.8 Å². The highest BCUT2D eigenvalue weighted by Crippen LogP contribution is 2.37. The summed E-state index contributed by atoms with van der Waals surface area (Å²) in [5, 5.41) is 6.14. The number of rotatable bonds is 4. The Morgan fingerprint density at radius 1 is 0.488 bits per heavy atom. The molecule has 0 fully saturated rings. The Kier molecular flexibility index (Phi) is 5.42. The predicted octanol–water partition coefficient (Wildman–Crippen LogP) is 9.91. The predicted molar refractivity (Wildman–Crippen MR) is 172 cm³/mol. The lowest BCUT2D eigenvalue weighted by molar-refractivity contribution is 0.796. The molecule has 0 radical (unpaired) electrons. The number of pyridine rings is 1. The molecular formula is C38H27N3. The molecule has 3 heteroatoms. The smallest absolute Gasteiger partial charge is 0.141 e. The van der Waals surface area contributed by atoms with Crippen LogP contribution in [0.5, 0.6) is 0 Å². The zero-order chi connectivity index (χ0) is 27.3. The average Bonchev–Trinajstić information content (AvgIpc) is 3.43. The van der Waals surface area contributed by atoms with Crippen LogP contribution in [-0.2, 0) is 6.54 Å². The van der Waals surface area contributed by atoms with E-state index in [1.807, 2.05) is 6.07 Å². The van der Waals surface area contributed by atoms with Gasteiger partial charge in [-0.25, -0.2) is 9.97 Å². The minimum Gasteiger partial charge on any atom is -0.324 e. The van der Waals surface area contributed by atoms with E-state index < -0.39 is 0 Å². The van der Waals surface area contributed by atoms with Crippen LogP contribution in [0.1, 0.15) is 6.92 Å². The summed E-state index contributed by atoms with van der Waals surface area (Å²) in [7, 11) is 0. The first-order valence-corrected chi connectivity index (χ1v) is 14.2. The SMILES string of the molecule is CCn1c(-c2ccc(-c3ccc(-c4nc5ccccc5c5c4ccc4ccccc45)cc3)cc2)nc2ccccc21. The summed E-state index contributed by atoms with van der Waals surface area (Å²) >= 11 is 0. The van der Waals surface area contributed by atoms with Gasteiger partial charge in [-0.1, -0.05) is 115 Å². The van der Waals surface area contributed by atoms with Crippen molar-refractivity contribution in [1.82, 2.24) is 14.5 Å². The third-order valence-electron chi connectivity index (χ3n) is 8.20. The summed E-state index contributed by atoms with van der Waals surface area (Å²) < 4.78 is 2.28. The number of nitrogens with zero attached hydrogens (tertiary/aromatic N) is 3. The molecule has 41 heavy (non-hydrogen) atoms. The van der Waals surface area contributed by atoms with Crippen LogP contribution in [0.3, 0.4) is 0 Å². The molecule has 8 aromatic rings. The van der Waals surface area contributed by atoms with Gasteiger partial charge in [0, 0.05) is 33.8 Å². The van der Waals surface area contributed by atoms with Crippen LogP contribution in [0.25, 0.3) is 77.3 Å². The third kappa shape index (κ3) is 3.81. The van der Waals surface area contributed by atoms with Gasteiger partial charge >= 0.3 is 0 Å². The first-order chi connectivity index (χ1) is 20.3. The molecule has 0 saturated heterocycles. The van der Waals surface area contributed by atoms with Gasteiger partial charge in [0.2, 0.25) is 0 Å². The van der Waals surface area contributed by atoms with Crippen LogP contribution in [0.4, 0.5) is 0 Å². The van der Waals surface area contributed by atoms with Gasteiger partial charge in [-0.15, -0.1) is 0 Å². The van der Waals surface area contributed by atoms with E-state index in [-0.39, 0.29) is 0 Å².